The number of allylic oxidation sites excluding steroid dienone is 20. The van der Waals surface area contributed by atoms with Gasteiger partial charge < -0.3 is 14.2 Å². The van der Waals surface area contributed by atoms with E-state index < -0.39 is 6.10 Å². The molecule has 0 radical (unpaired) electrons. The minimum absolute atomic E-state index is 0.122. The van der Waals surface area contributed by atoms with Gasteiger partial charge in [0, 0.05) is 19.3 Å². The monoisotopic (exact) mass is 955 g/mol. The van der Waals surface area contributed by atoms with Crippen LogP contribution in [0.5, 0.6) is 0 Å². The molecule has 0 aromatic heterocycles. The minimum atomic E-state index is -0.830. The fourth-order valence-corrected chi connectivity index (χ4v) is 7.27. The highest BCUT2D eigenvalue weighted by molar-refractivity contribution is 5.71. The van der Waals surface area contributed by atoms with E-state index >= 15 is 0 Å². The van der Waals surface area contributed by atoms with Gasteiger partial charge in [-0.05, 0) is 116 Å². The Balaban J connectivity index is 4.58. The Labute approximate surface area is 424 Å². The summed E-state index contributed by atoms with van der Waals surface area (Å²) in [7, 11) is 0. The zero-order valence-corrected chi connectivity index (χ0v) is 44.5. The van der Waals surface area contributed by atoms with Crippen LogP contribution in [0.4, 0.5) is 0 Å². The van der Waals surface area contributed by atoms with Crippen molar-refractivity contribution in [2.75, 3.05) is 13.2 Å². The van der Waals surface area contributed by atoms with Crippen LogP contribution in [0.25, 0.3) is 0 Å². The van der Waals surface area contributed by atoms with Gasteiger partial charge in [0.25, 0.3) is 0 Å². The van der Waals surface area contributed by atoms with Crippen molar-refractivity contribution in [2.24, 2.45) is 0 Å². The summed E-state index contributed by atoms with van der Waals surface area (Å²) in [6.07, 6.45) is 77.6. The molecule has 6 nitrogen and oxygen atoms in total. The lowest BCUT2D eigenvalue weighted by Gasteiger charge is -2.18. The molecule has 0 aromatic rings. The standard InChI is InChI=1S/C63H102O6/c1-4-7-10-13-16-19-22-25-28-31-33-35-38-41-44-47-50-53-56-62(65)68-59-60(58-67-61(64)55-52-49-46-43-40-37-34-30-27-24-21-18-15-12-9-6-3)69-63(66)57-54-51-48-45-42-39-36-32-29-26-23-20-17-14-11-8-5-2/h9,12,18,21-22,25-31,33,35-37,39-40,45,48,60H,4-8,10-11,13-17,19-20,23-24,32,34,38,41-44,46-47,49-59H2,1-3H3/b12-9-,21-18-,25-22-,29-26-,30-27-,31-28-,35-33-,39-36-,40-37-,48-45-. The molecule has 1 unspecified atom stereocenters. The average molecular weight is 956 g/mol. The number of ether oxygens (including phenoxy) is 3. The number of unbranched alkanes of at least 4 members (excludes halogenated alkanes) is 20. The van der Waals surface area contributed by atoms with Crippen molar-refractivity contribution < 1.29 is 28.6 Å². The van der Waals surface area contributed by atoms with Crippen molar-refractivity contribution in [3.8, 4) is 0 Å². The number of rotatable bonds is 49. The summed E-state index contributed by atoms with van der Waals surface area (Å²) in [5, 5.41) is 0. The Kier molecular flexibility index (Phi) is 53.0. The van der Waals surface area contributed by atoms with Gasteiger partial charge >= 0.3 is 17.9 Å². The topological polar surface area (TPSA) is 78.9 Å². The predicted molar refractivity (Wildman–Crippen MR) is 297 cm³/mol. The highest BCUT2D eigenvalue weighted by atomic mass is 16.6. The highest BCUT2D eigenvalue weighted by Gasteiger charge is 2.19. The molecule has 0 aromatic carbocycles. The fraction of sp³-hybridized carbons (Fsp3) is 0.635. The van der Waals surface area contributed by atoms with Gasteiger partial charge in [0.15, 0.2) is 6.10 Å². The van der Waals surface area contributed by atoms with Crippen LogP contribution in [0, 0.1) is 0 Å². The molecular formula is C63H102O6. The SMILES string of the molecule is CC/C=C\C/C=C\C/C=C\C/C=C\CCCCCC(=O)OCC(COC(=O)CCCCCCC\C=C/C=C\C=C/CCCCCCC)OC(=O)CCC/C=C\C/C=C\C/C=C\CCCCCCCC. The van der Waals surface area contributed by atoms with E-state index in [1.807, 2.05) is 0 Å². The summed E-state index contributed by atoms with van der Waals surface area (Å²) >= 11 is 0. The lowest BCUT2D eigenvalue weighted by molar-refractivity contribution is -0.167. The third kappa shape index (κ3) is 54.6. The Morgan fingerprint density at radius 2 is 0.638 bits per heavy atom. The maximum Gasteiger partial charge on any atom is 0.306 e. The average Bonchev–Trinajstić information content (AvgIpc) is 3.35. The zero-order chi connectivity index (χ0) is 50.0. The van der Waals surface area contributed by atoms with E-state index in [0.29, 0.717) is 19.3 Å². The van der Waals surface area contributed by atoms with Crippen LogP contribution in [-0.4, -0.2) is 37.2 Å². The maximum atomic E-state index is 12.8. The number of carbonyl (C=O) groups excluding carboxylic acids is 3. The summed E-state index contributed by atoms with van der Waals surface area (Å²) in [6, 6.07) is 0. The molecular weight excluding hydrogens is 853 g/mol. The predicted octanol–water partition coefficient (Wildman–Crippen LogP) is 18.9. The fourth-order valence-electron chi connectivity index (χ4n) is 7.27. The molecule has 1 atom stereocenters. The first-order chi connectivity index (χ1) is 34.0. The highest BCUT2D eigenvalue weighted by Crippen LogP contribution is 2.12. The van der Waals surface area contributed by atoms with Gasteiger partial charge in [-0.25, -0.2) is 0 Å². The molecule has 0 saturated heterocycles. The summed E-state index contributed by atoms with van der Waals surface area (Å²) < 4.78 is 16.8. The molecule has 0 fully saturated rings. The number of hydrogen-bond acceptors (Lipinski definition) is 6. The normalized spacial score (nSPS) is 13.0. The molecule has 6 heteroatoms. The van der Waals surface area contributed by atoms with E-state index in [2.05, 4.69) is 142 Å². The lowest BCUT2D eigenvalue weighted by atomic mass is 10.1. The molecule has 0 saturated carbocycles. The second-order valence-corrected chi connectivity index (χ2v) is 18.2. The first-order valence-corrected chi connectivity index (χ1v) is 28.1. The van der Waals surface area contributed by atoms with E-state index in [-0.39, 0.29) is 37.5 Å². The molecule has 390 valence electrons. The number of carbonyl (C=O) groups is 3. The molecule has 0 bridgehead atoms. The zero-order valence-electron chi connectivity index (χ0n) is 44.5. The summed E-state index contributed by atoms with van der Waals surface area (Å²) in [5.74, 6) is -1.03. The van der Waals surface area contributed by atoms with Gasteiger partial charge in [-0.3, -0.25) is 14.4 Å². The smallest absolute Gasteiger partial charge is 0.306 e. The van der Waals surface area contributed by atoms with Crippen molar-refractivity contribution in [3.63, 3.8) is 0 Å². The van der Waals surface area contributed by atoms with Gasteiger partial charge in [-0.2, -0.15) is 0 Å². The van der Waals surface area contributed by atoms with Crippen LogP contribution in [0.1, 0.15) is 239 Å². The van der Waals surface area contributed by atoms with Gasteiger partial charge in [0.2, 0.25) is 0 Å². The molecule has 0 aliphatic heterocycles. The van der Waals surface area contributed by atoms with Crippen LogP contribution in [0.2, 0.25) is 0 Å². The van der Waals surface area contributed by atoms with Crippen LogP contribution in [0.3, 0.4) is 0 Å². The minimum Gasteiger partial charge on any atom is -0.462 e. The van der Waals surface area contributed by atoms with Crippen LogP contribution >= 0.6 is 0 Å². The van der Waals surface area contributed by atoms with Crippen LogP contribution < -0.4 is 0 Å². The van der Waals surface area contributed by atoms with E-state index in [9.17, 15) is 14.4 Å². The largest absolute Gasteiger partial charge is 0.462 e. The molecule has 0 aliphatic carbocycles. The number of hydrogen-bond donors (Lipinski definition) is 0. The Hall–Kier alpha value is -4.19. The van der Waals surface area contributed by atoms with Crippen molar-refractivity contribution in [3.05, 3.63) is 122 Å². The second-order valence-electron chi connectivity index (χ2n) is 18.2. The summed E-state index contributed by atoms with van der Waals surface area (Å²) in [6.45, 7) is 6.41. The molecule has 0 amide bonds. The Bertz CT molecular complexity index is 1470. The van der Waals surface area contributed by atoms with Crippen molar-refractivity contribution in [1.29, 1.82) is 0 Å². The Morgan fingerprint density at radius 1 is 0.319 bits per heavy atom. The molecule has 0 rings (SSSR count). The van der Waals surface area contributed by atoms with Gasteiger partial charge in [0.05, 0.1) is 0 Å². The second kappa shape index (κ2) is 56.4. The molecule has 0 heterocycles. The summed E-state index contributed by atoms with van der Waals surface area (Å²) in [5.41, 5.74) is 0. The molecule has 0 spiro atoms. The van der Waals surface area contributed by atoms with Crippen LogP contribution in [-0.2, 0) is 28.6 Å². The molecule has 0 aliphatic rings. The van der Waals surface area contributed by atoms with E-state index in [1.165, 1.54) is 77.0 Å². The third-order valence-corrected chi connectivity index (χ3v) is 11.5. The quantitative estimate of drug-likeness (QED) is 0.0199. The van der Waals surface area contributed by atoms with E-state index in [0.717, 1.165) is 116 Å². The summed E-state index contributed by atoms with van der Waals surface area (Å²) in [4.78, 5) is 38.1. The Morgan fingerprint density at radius 3 is 1.06 bits per heavy atom. The van der Waals surface area contributed by atoms with Gasteiger partial charge in [0.1, 0.15) is 13.2 Å². The van der Waals surface area contributed by atoms with Crippen molar-refractivity contribution in [1.82, 2.24) is 0 Å². The van der Waals surface area contributed by atoms with Crippen LogP contribution in [0.15, 0.2) is 122 Å². The molecule has 0 N–H and O–H groups in total. The first-order valence-electron chi connectivity index (χ1n) is 28.1. The van der Waals surface area contributed by atoms with E-state index in [1.54, 1.807) is 0 Å². The van der Waals surface area contributed by atoms with Gasteiger partial charge in [-0.15, -0.1) is 0 Å². The first kappa shape index (κ1) is 64.8. The van der Waals surface area contributed by atoms with E-state index in [4.69, 9.17) is 14.2 Å². The van der Waals surface area contributed by atoms with Crippen molar-refractivity contribution in [2.45, 2.75) is 245 Å². The van der Waals surface area contributed by atoms with Gasteiger partial charge in [-0.1, -0.05) is 226 Å². The number of esters is 3. The maximum absolute atomic E-state index is 12.8. The third-order valence-electron chi connectivity index (χ3n) is 11.5. The van der Waals surface area contributed by atoms with Crippen molar-refractivity contribution >= 4 is 17.9 Å². The molecule has 69 heavy (non-hydrogen) atoms. The lowest BCUT2D eigenvalue weighted by Crippen LogP contribution is -2.30.